The molecule has 35 heavy (non-hydrogen) atoms. The van der Waals surface area contributed by atoms with E-state index in [0.29, 0.717) is 0 Å². The molecule has 182 valence electrons. The Bertz CT molecular complexity index is 1180. The summed E-state index contributed by atoms with van der Waals surface area (Å²) in [6, 6.07) is 20.6. The first kappa shape index (κ1) is 25.2. The summed E-state index contributed by atoms with van der Waals surface area (Å²) in [5.74, 6) is -0.725. The Morgan fingerprint density at radius 2 is 1.09 bits per heavy atom. The number of carboxylic acids is 1. The molecule has 3 N–H and O–H groups in total. The number of benzene rings is 2. The average Bonchev–Trinajstić information content (AvgIpc) is 3.57. The van der Waals surface area contributed by atoms with Crippen LogP contribution in [-0.2, 0) is 14.3 Å². The molecule has 0 aliphatic carbocycles. The maximum Gasteiger partial charge on any atom is 0.307 e. The van der Waals surface area contributed by atoms with Gasteiger partial charge in [0.05, 0.1) is 32.0 Å². The molecule has 2 aromatic carbocycles. The summed E-state index contributed by atoms with van der Waals surface area (Å²) in [6.07, 6.45) is 7.75. The van der Waals surface area contributed by atoms with Gasteiger partial charge in [0, 0.05) is 24.8 Å². The van der Waals surface area contributed by atoms with Crippen LogP contribution >= 0.6 is 0 Å². The van der Waals surface area contributed by atoms with Crippen LogP contribution in [0.5, 0.6) is 11.5 Å². The highest BCUT2D eigenvalue weighted by molar-refractivity contribution is 5.70. The zero-order valence-corrected chi connectivity index (χ0v) is 19.3. The normalized spacial score (nSPS) is 12.1. The highest BCUT2D eigenvalue weighted by Gasteiger charge is 2.18. The molecule has 2 aromatic heterocycles. The Balaban J connectivity index is 0.000000196. The van der Waals surface area contributed by atoms with Gasteiger partial charge in [0.15, 0.2) is 0 Å². The Morgan fingerprint density at radius 1 is 0.714 bits per heavy atom. The van der Waals surface area contributed by atoms with E-state index in [1.165, 1.54) is 7.11 Å². The third kappa shape index (κ3) is 7.26. The van der Waals surface area contributed by atoms with Crippen molar-refractivity contribution in [3.63, 3.8) is 0 Å². The summed E-state index contributed by atoms with van der Waals surface area (Å²) in [4.78, 5) is 22.4. The fourth-order valence-corrected chi connectivity index (χ4v) is 3.70. The summed E-state index contributed by atoms with van der Waals surface area (Å²) in [6.45, 7) is 0. The van der Waals surface area contributed by atoms with Gasteiger partial charge < -0.3 is 29.2 Å². The van der Waals surface area contributed by atoms with Gasteiger partial charge in [-0.2, -0.15) is 0 Å². The molecule has 0 saturated heterocycles. The van der Waals surface area contributed by atoms with Crippen LogP contribution in [0, 0.1) is 0 Å². The zero-order chi connectivity index (χ0) is 25.2. The fraction of sp³-hybridized carbons (Fsp3) is 0.185. The van der Waals surface area contributed by atoms with E-state index < -0.39 is 5.97 Å². The quantitative estimate of drug-likeness (QED) is 0.320. The molecule has 0 saturated carbocycles. The minimum Gasteiger partial charge on any atom is -0.508 e. The van der Waals surface area contributed by atoms with Crippen molar-refractivity contribution in [3.05, 3.63) is 109 Å². The average molecular weight is 477 g/mol. The van der Waals surface area contributed by atoms with Gasteiger partial charge in [0.2, 0.25) is 0 Å². The van der Waals surface area contributed by atoms with Crippen LogP contribution in [0.1, 0.15) is 36.1 Å². The van der Waals surface area contributed by atoms with Crippen molar-refractivity contribution in [2.75, 3.05) is 7.11 Å². The van der Waals surface area contributed by atoms with E-state index in [2.05, 4.69) is 0 Å². The molecular weight excluding hydrogens is 448 g/mol. The van der Waals surface area contributed by atoms with Gasteiger partial charge >= 0.3 is 11.9 Å². The number of phenolic OH excluding ortho intramolecular Hbond substituents is 2. The summed E-state index contributed by atoms with van der Waals surface area (Å²) in [5, 5.41) is 27.5. The molecule has 0 aliphatic rings. The zero-order valence-electron chi connectivity index (χ0n) is 19.3. The number of nitrogens with zero attached hydrogens (tertiary/aromatic N) is 2. The molecule has 8 nitrogen and oxygen atoms in total. The van der Waals surface area contributed by atoms with E-state index in [1.54, 1.807) is 36.4 Å². The maximum absolute atomic E-state index is 11.5. The molecule has 4 rings (SSSR count). The first-order valence-electron chi connectivity index (χ1n) is 11.0. The first-order valence-corrected chi connectivity index (χ1v) is 11.0. The number of carbonyl (C=O) groups is 2. The maximum atomic E-state index is 11.5. The topological polar surface area (TPSA) is 114 Å². The third-order valence-corrected chi connectivity index (χ3v) is 5.49. The summed E-state index contributed by atoms with van der Waals surface area (Å²) >= 11 is 0. The summed E-state index contributed by atoms with van der Waals surface area (Å²) in [7, 11) is 1.38. The number of carbonyl (C=O) groups excluding carboxylic acids is 1. The van der Waals surface area contributed by atoms with Gasteiger partial charge in [-0.05, 0) is 59.7 Å². The smallest absolute Gasteiger partial charge is 0.307 e. The number of carboxylic acid groups (broad SMARTS) is 1. The monoisotopic (exact) mass is 476 g/mol. The van der Waals surface area contributed by atoms with Crippen LogP contribution in [0.25, 0.3) is 0 Å². The molecule has 0 amide bonds. The van der Waals surface area contributed by atoms with Crippen LogP contribution in [-0.4, -0.2) is 43.5 Å². The molecule has 0 aliphatic heterocycles. The number of ether oxygens (including phenoxy) is 1. The number of esters is 1. The molecule has 8 heteroatoms. The molecule has 0 fully saturated rings. The predicted octanol–water partition coefficient (Wildman–Crippen LogP) is 4.60. The lowest BCUT2D eigenvalue weighted by Gasteiger charge is -2.18. The number of phenols is 2. The van der Waals surface area contributed by atoms with Gasteiger partial charge in [-0.1, -0.05) is 24.3 Å². The van der Waals surface area contributed by atoms with Crippen molar-refractivity contribution < 1.29 is 29.6 Å². The third-order valence-electron chi connectivity index (χ3n) is 5.49. The van der Waals surface area contributed by atoms with E-state index in [1.807, 2.05) is 70.3 Å². The van der Waals surface area contributed by atoms with Crippen molar-refractivity contribution in [2.24, 2.45) is 0 Å². The van der Waals surface area contributed by atoms with E-state index in [9.17, 15) is 19.8 Å². The second kappa shape index (κ2) is 12.1. The molecule has 0 bridgehead atoms. The molecule has 4 aromatic rings. The van der Waals surface area contributed by atoms with Crippen LogP contribution in [0.4, 0.5) is 0 Å². The predicted molar refractivity (Wildman–Crippen MR) is 130 cm³/mol. The number of rotatable bonds is 8. The highest BCUT2D eigenvalue weighted by Crippen LogP contribution is 2.25. The molecular formula is C27H28N2O6. The minimum absolute atomic E-state index is 0.0133. The van der Waals surface area contributed by atoms with Crippen molar-refractivity contribution in [2.45, 2.75) is 24.9 Å². The lowest BCUT2D eigenvalue weighted by atomic mass is 10.0. The SMILES string of the molecule is COC(=O)CC(c1ccc(O)cc1)n1cccc1.O=C(O)CC(c1ccc(O)cc1)n1cccc1. The van der Waals surface area contributed by atoms with Crippen LogP contribution < -0.4 is 0 Å². The number of hydrogen-bond acceptors (Lipinski definition) is 5. The van der Waals surface area contributed by atoms with Crippen LogP contribution in [0.2, 0.25) is 0 Å². The van der Waals surface area contributed by atoms with Crippen molar-refractivity contribution >= 4 is 11.9 Å². The number of methoxy groups -OCH3 is 1. The number of aromatic nitrogens is 2. The van der Waals surface area contributed by atoms with Gasteiger partial charge in [-0.15, -0.1) is 0 Å². The fourth-order valence-electron chi connectivity index (χ4n) is 3.70. The van der Waals surface area contributed by atoms with Crippen LogP contribution in [0.3, 0.4) is 0 Å². The minimum atomic E-state index is -0.850. The second-order valence-electron chi connectivity index (χ2n) is 7.85. The molecule has 0 radical (unpaired) electrons. The Labute approximate surface area is 203 Å². The van der Waals surface area contributed by atoms with E-state index in [-0.39, 0.29) is 42.4 Å². The largest absolute Gasteiger partial charge is 0.508 e. The Hall–Kier alpha value is -4.46. The van der Waals surface area contributed by atoms with Gasteiger partial charge in [0.1, 0.15) is 11.5 Å². The van der Waals surface area contributed by atoms with Crippen molar-refractivity contribution in [1.82, 2.24) is 9.13 Å². The van der Waals surface area contributed by atoms with Gasteiger partial charge in [-0.25, -0.2) is 0 Å². The highest BCUT2D eigenvalue weighted by atomic mass is 16.5. The van der Waals surface area contributed by atoms with Crippen molar-refractivity contribution in [3.8, 4) is 11.5 Å². The van der Waals surface area contributed by atoms with Gasteiger partial charge in [-0.3, -0.25) is 9.59 Å². The lowest BCUT2D eigenvalue weighted by Crippen LogP contribution is -2.14. The van der Waals surface area contributed by atoms with Gasteiger partial charge in [0.25, 0.3) is 0 Å². The number of hydrogen-bond donors (Lipinski definition) is 3. The first-order chi connectivity index (χ1) is 16.9. The molecule has 2 heterocycles. The Morgan fingerprint density at radius 3 is 1.43 bits per heavy atom. The summed E-state index contributed by atoms with van der Waals surface area (Å²) < 4.78 is 8.52. The van der Waals surface area contributed by atoms with E-state index >= 15 is 0 Å². The lowest BCUT2D eigenvalue weighted by molar-refractivity contribution is -0.141. The summed E-state index contributed by atoms with van der Waals surface area (Å²) in [5.41, 5.74) is 1.82. The molecule has 2 unspecified atom stereocenters. The molecule has 2 atom stereocenters. The standard InChI is InChI=1S/C14H15NO3.C13H13NO3/c1-18-14(17)10-13(15-8-2-3-9-15)11-4-6-12(16)7-5-11;15-11-5-3-10(4-6-11)12(9-13(16)17)14-7-1-2-8-14/h2-9,13,16H,10H2,1H3;1-8,12,15H,9H2,(H,16,17). The van der Waals surface area contributed by atoms with E-state index in [4.69, 9.17) is 9.84 Å². The number of aliphatic carboxylic acids is 1. The van der Waals surface area contributed by atoms with E-state index in [0.717, 1.165) is 11.1 Å². The molecule has 0 spiro atoms. The Kier molecular flexibility index (Phi) is 8.72. The number of aromatic hydroxyl groups is 2. The second-order valence-corrected chi connectivity index (χ2v) is 7.85. The van der Waals surface area contributed by atoms with Crippen molar-refractivity contribution in [1.29, 1.82) is 0 Å². The van der Waals surface area contributed by atoms with Crippen LogP contribution in [0.15, 0.2) is 97.6 Å².